The summed E-state index contributed by atoms with van der Waals surface area (Å²) in [7, 11) is 0. The van der Waals surface area contributed by atoms with E-state index in [-0.39, 0.29) is 18.4 Å². The van der Waals surface area contributed by atoms with Crippen LogP contribution in [0.2, 0.25) is 0 Å². The van der Waals surface area contributed by atoms with Crippen LogP contribution in [-0.2, 0) is 4.79 Å². The minimum atomic E-state index is -0.219. The summed E-state index contributed by atoms with van der Waals surface area (Å²) in [6.45, 7) is 2.87. The van der Waals surface area contributed by atoms with Gasteiger partial charge in [0.05, 0.1) is 5.69 Å². The van der Waals surface area contributed by atoms with Gasteiger partial charge in [0, 0.05) is 30.5 Å². The van der Waals surface area contributed by atoms with Gasteiger partial charge in [0.2, 0.25) is 11.0 Å². The van der Waals surface area contributed by atoms with Gasteiger partial charge in [0.25, 0.3) is 0 Å². The van der Waals surface area contributed by atoms with E-state index >= 15 is 0 Å². The SMILES string of the molecule is CCCN(CCC(=O)Nc1nnc(-c2ccccc2)s1)C(=O)Nc1cccc2ccccc12. The highest BCUT2D eigenvalue weighted by Crippen LogP contribution is 2.26. The monoisotopic (exact) mass is 459 g/mol. The van der Waals surface area contributed by atoms with Gasteiger partial charge in [0.15, 0.2) is 0 Å². The van der Waals surface area contributed by atoms with Gasteiger partial charge >= 0.3 is 6.03 Å². The fourth-order valence-electron chi connectivity index (χ4n) is 3.50. The molecule has 0 radical (unpaired) electrons. The second kappa shape index (κ2) is 10.7. The van der Waals surface area contributed by atoms with E-state index in [0.717, 1.165) is 33.5 Å². The highest BCUT2D eigenvalue weighted by molar-refractivity contribution is 7.18. The van der Waals surface area contributed by atoms with Gasteiger partial charge in [-0.1, -0.05) is 85.0 Å². The van der Waals surface area contributed by atoms with E-state index < -0.39 is 0 Å². The lowest BCUT2D eigenvalue weighted by atomic mass is 10.1. The van der Waals surface area contributed by atoms with Crippen molar-refractivity contribution in [1.29, 1.82) is 0 Å². The number of anilines is 2. The molecule has 8 heteroatoms. The van der Waals surface area contributed by atoms with E-state index in [4.69, 9.17) is 0 Å². The van der Waals surface area contributed by atoms with Crippen molar-refractivity contribution in [3.8, 4) is 10.6 Å². The van der Waals surface area contributed by atoms with Crippen molar-refractivity contribution in [3.63, 3.8) is 0 Å². The number of urea groups is 1. The Balaban J connectivity index is 1.35. The second-order valence-electron chi connectivity index (χ2n) is 7.52. The molecule has 33 heavy (non-hydrogen) atoms. The van der Waals surface area contributed by atoms with Crippen LogP contribution in [0.1, 0.15) is 19.8 Å². The van der Waals surface area contributed by atoms with Crippen molar-refractivity contribution in [3.05, 3.63) is 72.8 Å². The topological polar surface area (TPSA) is 87.2 Å². The maximum Gasteiger partial charge on any atom is 0.321 e. The van der Waals surface area contributed by atoms with Gasteiger partial charge in [-0.3, -0.25) is 4.79 Å². The number of carbonyl (C=O) groups is 2. The standard InChI is InChI=1S/C25H25N5O2S/c1-2-16-30(25(32)26-21-14-8-12-18-9-6-7-13-20(18)21)17-15-22(31)27-24-29-28-23(33-24)19-10-4-3-5-11-19/h3-14H,2,15-17H2,1H3,(H,26,32)(H,27,29,31). The smallest absolute Gasteiger partial charge is 0.321 e. The first-order valence-corrected chi connectivity index (χ1v) is 11.7. The maximum absolute atomic E-state index is 12.9. The zero-order valence-electron chi connectivity index (χ0n) is 18.3. The van der Waals surface area contributed by atoms with E-state index in [9.17, 15) is 9.59 Å². The summed E-state index contributed by atoms with van der Waals surface area (Å²) in [4.78, 5) is 27.1. The highest BCUT2D eigenvalue weighted by Gasteiger charge is 2.16. The fraction of sp³-hybridized carbons (Fsp3) is 0.200. The minimum absolute atomic E-state index is 0.170. The summed E-state index contributed by atoms with van der Waals surface area (Å²) in [6.07, 6.45) is 0.963. The zero-order chi connectivity index (χ0) is 23.0. The van der Waals surface area contributed by atoms with Crippen LogP contribution in [0.15, 0.2) is 72.8 Å². The molecule has 0 bridgehead atoms. The van der Waals surface area contributed by atoms with Crippen LogP contribution in [0, 0.1) is 0 Å². The Bertz CT molecular complexity index is 1240. The molecule has 0 aliphatic rings. The van der Waals surface area contributed by atoms with Gasteiger partial charge in [-0.05, 0) is 17.9 Å². The van der Waals surface area contributed by atoms with Crippen LogP contribution in [0.3, 0.4) is 0 Å². The van der Waals surface area contributed by atoms with Gasteiger partial charge in [-0.25, -0.2) is 4.79 Å². The van der Waals surface area contributed by atoms with E-state index in [1.165, 1.54) is 11.3 Å². The first-order chi connectivity index (χ1) is 16.1. The first-order valence-electron chi connectivity index (χ1n) is 10.9. The Morgan fingerprint density at radius 1 is 0.879 bits per heavy atom. The molecule has 4 aromatic rings. The summed E-state index contributed by atoms with van der Waals surface area (Å²) in [5.74, 6) is -0.204. The van der Waals surface area contributed by atoms with Crippen molar-refractivity contribution in [1.82, 2.24) is 15.1 Å². The second-order valence-corrected chi connectivity index (χ2v) is 8.50. The van der Waals surface area contributed by atoms with E-state index in [1.807, 2.05) is 79.7 Å². The predicted octanol–water partition coefficient (Wildman–Crippen LogP) is 5.63. The number of carbonyl (C=O) groups excluding carboxylic acids is 2. The summed E-state index contributed by atoms with van der Waals surface area (Å²) < 4.78 is 0. The molecular formula is C25H25N5O2S. The predicted molar refractivity (Wildman–Crippen MR) is 133 cm³/mol. The van der Waals surface area contributed by atoms with Gasteiger partial charge in [0.1, 0.15) is 5.01 Å². The molecule has 1 heterocycles. The zero-order valence-corrected chi connectivity index (χ0v) is 19.1. The summed E-state index contributed by atoms with van der Waals surface area (Å²) in [5.41, 5.74) is 1.71. The van der Waals surface area contributed by atoms with Crippen molar-refractivity contribution < 1.29 is 9.59 Å². The lowest BCUT2D eigenvalue weighted by Crippen LogP contribution is -2.37. The molecular weight excluding hydrogens is 434 g/mol. The number of hydrogen-bond acceptors (Lipinski definition) is 5. The molecule has 3 amide bonds. The molecule has 2 N–H and O–H groups in total. The quantitative estimate of drug-likeness (QED) is 0.357. The molecule has 0 saturated heterocycles. The third-order valence-electron chi connectivity index (χ3n) is 5.11. The average Bonchev–Trinajstić information content (AvgIpc) is 3.31. The number of fused-ring (bicyclic) bond motifs is 1. The van der Waals surface area contributed by atoms with Crippen LogP contribution < -0.4 is 10.6 Å². The van der Waals surface area contributed by atoms with E-state index in [0.29, 0.717) is 18.2 Å². The van der Waals surface area contributed by atoms with Crippen LogP contribution in [-0.4, -0.2) is 40.1 Å². The first kappa shape index (κ1) is 22.4. The molecule has 0 aliphatic heterocycles. The van der Waals surface area contributed by atoms with Crippen molar-refractivity contribution in [2.24, 2.45) is 0 Å². The molecule has 0 spiro atoms. The van der Waals surface area contributed by atoms with Gasteiger partial charge in [-0.2, -0.15) is 0 Å². The van der Waals surface area contributed by atoms with Crippen LogP contribution in [0.4, 0.5) is 15.6 Å². The van der Waals surface area contributed by atoms with Crippen molar-refractivity contribution in [2.75, 3.05) is 23.7 Å². The minimum Gasteiger partial charge on any atom is -0.324 e. The highest BCUT2D eigenvalue weighted by atomic mass is 32.1. The Morgan fingerprint density at radius 2 is 1.64 bits per heavy atom. The summed E-state index contributed by atoms with van der Waals surface area (Å²) >= 11 is 1.32. The molecule has 0 saturated carbocycles. The molecule has 168 valence electrons. The Morgan fingerprint density at radius 3 is 2.45 bits per heavy atom. The Kier molecular flexibility index (Phi) is 7.26. The summed E-state index contributed by atoms with van der Waals surface area (Å²) in [6, 6.07) is 23.2. The molecule has 0 aliphatic carbocycles. The number of aromatic nitrogens is 2. The molecule has 0 unspecified atom stereocenters. The molecule has 7 nitrogen and oxygen atoms in total. The molecule has 0 fully saturated rings. The number of nitrogens with zero attached hydrogens (tertiary/aromatic N) is 3. The fourth-order valence-corrected chi connectivity index (χ4v) is 4.27. The van der Waals surface area contributed by atoms with Crippen molar-refractivity contribution in [2.45, 2.75) is 19.8 Å². The number of hydrogen-bond donors (Lipinski definition) is 2. The molecule has 3 aromatic carbocycles. The van der Waals surface area contributed by atoms with E-state index in [2.05, 4.69) is 20.8 Å². The third kappa shape index (κ3) is 5.72. The lowest BCUT2D eigenvalue weighted by molar-refractivity contribution is -0.116. The van der Waals surface area contributed by atoms with E-state index in [1.54, 1.807) is 4.90 Å². The van der Waals surface area contributed by atoms with Gasteiger partial charge < -0.3 is 15.5 Å². The normalized spacial score (nSPS) is 10.7. The largest absolute Gasteiger partial charge is 0.324 e. The third-order valence-corrected chi connectivity index (χ3v) is 6.00. The van der Waals surface area contributed by atoms with Gasteiger partial charge in [-0.15, -0.1) is 10.2 Å². The number of rotatable bonds is 8. The average molecular weight is 460 g/mol. The van der Waals surface area contributed by atoms with Crippen LogP contribution in [0.5, 0.6) is 0 Å². The summed E-state index contributed by atoms with van der Waals surface area (Å²) in [5, 5.41) is 17.2. The Hall–Kier alpha value is -3.78. The molecule has 0 atom stereocenters. The number of amides is 3. The van der Waals surface area contributed by atoms with Crippen molar-refractivity contribution >= 4 is 44.9 Å². The maximum atomic E-state index is 12.9. The molecule has 4 rings (SSSR count). The number of benzene rings is 3. The molecule has 1 aromatic heterocycles. The number of nitrogens with one attached hydrogen (secondary N) is 2. The van der Waals surface area contributed by atoms with Crippen LogP contribution in [0.25, 0.3) is 21.3 Å². The van der Waals surface area contributed by atoms with Crippen LogP contribution >= 0.6 is 11.3 Å². The lowest BCUT2D eigenvalue weighted by Gasteiger charge is -2.22. The Labute approximate surface area is 196 Å².